The smallest absolute Gasteiger partial charge is 0.456 e. The first-order valence-electron chi connectivity index (χ1n) is 7.89. The van der Waals surface area contributed by atoms with Crippen LogP contribution in [-0.4, -0.2) is 31.4 Å². The number of ether oxygens (including phenoxy) is 1. The molecule has 0 aromatic rings. The average Bonchev–Trinajstić information content (AvgIpc) is 2.43. The number of rotatable bonds is 4. The molecule has 4 aliphatic rings. The lowest BCUT2D eigenvalue weighted by molar-refractivity contribution is -0.199. The molecule has 6 nitrogen and oxygen atoms in total. The maximum atomic E-state index is 12.6. The summed E-state index contributed by atoms with van der Waals surface area (Å²) in [4.78, 5) is 24.2. The number of sulfonamides is 1. The van der Waals surface area contributed by atoms with Crippen molar-refractivity contribution >= 4 is 21.9 Å². The van der Waals surface area contributed by atoms with Crippen molar-refractivity contribution in [3.8, 4) is 0 Å². The summed E-state index contributed by atoms with van der Waals surface area (Å²) in [5.41, 5.74) is -7.75. The van der Waals surface area contributed by atoms with Gasteiger partial charge >= 0.3 is 21.5 Å². The number of carbonyl (C=O) groups excluding carboxylic acids is 2. The van der Waals surface area contributed by atoms with Crippen LogP contribution in [0.2, 0.25) is 0 Å². The predicted octanol–water partition coefficient (Wildman–Crippen LogP) is 2.02. The number of amides is 1. The lowest BCUT2D eigenvalue weighted by Crippen LogP contribution is -2.62. The summed E-state index contributed by atoms with van der Waals surface area (Å²) in [5.74, 6) is -1.78. The highest BCUT2D eigenvalue weighted by atomic mass is 32.2. The van der Waals surface area contributed by atoms with Crippen LogP contribution in [0.25, 0.3) is 0 Å². The Morgan fingerprint density at radius 3 is 2.20 bits per heavy atom. The molecular weight excluding hydrogens is 363 g/mol. The van der Waals surface area contributed by atoms with E-state index in [1.54, 1.807) is 0 Å². The van der Waals surface area contributed by atoms with Gasteiger partial charge in [-0.25, -0.2) is 9.52 Å². The number of carbonyl (C=O) groups is 2. The Hall–Kier alpha value is -1.58. The molecule has 10 heteroatoms. The van der Waals surface area contributed by atoms with E-state index in [4.69, 9.17) is 4.74 Å². The van der Waals surface area contributed by atoms with Crippen molar-refractivity contribution in [3.63, 3.8) is 0 Å². The van der Waals surface area contributed by atoms with Crippen LogP contribution in [-0.2, 0) is 24.3 Å². The third-order valence-electron chi connectivity index (χ3n) is 5.50. The van der Waals surface area contributed by atoms with E-state index < -0.39 is 38.4 Å². The van der Waals surface area contributed by atoms with Gasteiger partial charge in [0.05, 0.1) is 5.41 Å². The minimum atomic E-state index is -5.76. The fourth-order valence-electron chi connectivity index (χ4n) is 5.11. The zero-order chi connectivity index (χ0) is 18.7. The van der Waals surface area contributed by atoms with E-state index in [9.17, 15) is 31.2 Å². The number of halogens is 3. The van der Waals surface area contributed by atoms with Gasteiger partial charge in [-0.05, 0) is 43.9 Å². The molecule has 1 amide bonds. The second kappa shape index (κ2) is 5.46. The molecular formula is C15H18F3NO5S. The summed E-state index contributed by atoms with van der Waals surface area (Å²) >= 11 is 0. The van der Waals surface area contributed by atoms with Crippen LogP contribution in [0.4, 0.5) is 13.2 Å². The molecule has 2 unspecified atom stereocenters. The highest BCUT2D eigenvalue weighted by molar-refractivity contribution is 7.90. The van der Waals surface area contributed by atoms with E-state index in [0.717, 1.165) is 12.5 Å². The van der Waals surface area contributed by atoms with Gasteiger partial charge in [0.2, 0.25) is 5.91 Å². The molecule has 0 aromatic heterocycles. The number of hydrogen-bond donors (Lipinski definition) is 1. The van der Waals surface area contributed by atoms with Crippen molar-refractivity contribution in [2.75, 3.05) is 0 Å². The van der Waals surface area contributed by atoms with Crippen molar-refractivity contribution < 1.29 is 35.9 Å². The molecule has 0 aliphatic heterocycles. The van der Waals surface area contributed by atoms with E-state index in [1.165, 1.54) is 4.72 Å². The number of nitrogens with one attached hydrogen (secondary N) is 1. The van der Waals surface area contributed by atoms with Crippen LogP contribution < -0.4 is 4.72 Å². The van der Waals surface area contributed by atoms with E-state index in [-0.39, 0.29) is 18.3 Å². The topological polar surface area (TPSA) is 89.5 Å². The molecule has 4 rings (SSSR count). The first kappa shape index (κ1) is 18.2. The van der Waals surface area contributed by atoms with Gasteiger partial charge in [0.25, 0.3) is 0 Å². The van der Waals surface area contributed by atoms with E-state index >= 15 is 0 Å². The Labute approximate surface area is 142 Å². The summed E-state index contributed by atoms with van der Waals surface area (Å²) in [7, 11) is -5.76. The van der Waals surface area contributed by atoms with Crippen molar-refractivity contribution in [2.24, 2.45) is 17.3 Å². The molecule has 0 aromatic carbocycles. The Morgan fingerprint density at radius 1 is 1.16 bits per heavy atom. The first-order chi connectivity index (χ1) is 11.4. The molecule has 0 radical (unpaired) electrons. The standard InChI is InChI=1S/C15H18F3NO5S/c1-2-11(20)24-14-6-9-3-10(7-14)5-13(4-9,8-14)12(21)19-25(22,23)15(16,17)18/h2,9-10H,1,3-8H2,(H,19,21). The SMILES string of the molecule is C=CC(=O)OC12CC3CC(C1)CC(C(=O)NS(=O)(=O)C(F)(F)F)(C3)C2. The fraction of sp³-hybridized carbons (Fsp3) is 0.733. The van der Waals surface area contributed by atoms with Gasteiger partial charge in [0.1, 0.15) is 5.60 Å². The van der Waals surface area contributed by atoms with Crippen LogP contribution in [0.3, 0.4) is 0 Å². The Kier molecular flexibility index (Phi) is 3.98. The third-order valence-corrected chi connectivity index (χ3v) is 6.57. The molecule has 0 saturated heterocycles. The number of esters is 1. The predicted molar refractivity (Wildman–Crippen MR) is 79.3 cm³/mol. The first-order valence-corrected chi connectivity index (χ1v) is 9.38. The highest BCUT2D eigenvalue weighted by Crippen LogP contribution is 2.63. The van der Waals surface area contributed by atoms with Crippen molar-refractivity contribution in [1.82, 2.24) is 4.72 Å². The highest BCUT2D eigenvalue weighted by Gasteiger charge is 2.63. The van der Waals surface area contributed by atoms with Gasteiger partial charge in [-0.1, -0.05) is 6.58 Å². The molecule has 0 spiro atoms. The summed E-state index contributed by atoms with van der Waals surface area (Å²) in [5, 5.41) is 0. The van der Waals surface area contributed by atoms with Crippen LogP contribution in [0.5, 0.6) is 0 Å². The van der Waals surface area contributed by atoms with Gasteiger partial charge < -0.3 is 4.74 Å². The zero-order valence-electron chi connectivity index (χ0n) is 13.3. The molecule has 4 saturated carbocycles. The van der Waals surface area contributed by atoms with Crippen molar-refractivity contribution in [1.29, 1.82) is 0 Å². The lowest BCUT2D eigenvalue weighted by atomic mass is 9.47. The molecule has 2 atom stereocenters. The average molecular weight is 381 g/mol. The second-order valence-electron chi connectivity index (χ2n) is 7.43. The Bertz CT molecular complexity index is 716. The second-order valence-corrected chi connectivity index (χ2v) is 9.10. The van der Waals surface area contributed by atoms with Gasteiger partial charge in [-0.3, -0.25) is 4.79 Å². The summed E-state index contributed by atoms with van der Waals surface area (Å²) < 4.78 is 67.0. The summed E-state index contributed by atoms with van der Waals surface area (Å²) in [6.07, 6.45) is 3.50. The van der Waals surface area contributed by atoms with Gasteiger partial charge in [-0.2, -0.15) is 21.6 Å². The van der Waals surface area contributed by atoms with E-state index in [1.807, 2.05) is 0 Å². The lowest BCUT2D eigenvalue weighted by Gasteiger charge is -2.60. The van der Waals surface area contributed by atoms with Gasteiger partial charge in [-0.15, -0.1) is 0 Å². The van der Waals surface area contributed by atoms with E-state index in [2.05, 4.69) is 6.58 Å². The van der Waals surface area contributed by atoms with E-state index in [0.29, 0.717) is 25.7 Å². The maximum absolute atomic E-state index is 12.6. The van der Waals surface area contributed by atoms with Gasteiger partial charge in [0, 0.05) is 12.5 Å². The minimum absolute atomic E-state index is 0.0122. The summed E-state index contributed by atoms with van der Waals surface area (Å²) in [6.45, 7) is 3.33. The molecule has 4 bridgehead atoms. The molecule has 140 valence electrons. The quantitative estimate of drug-likeness (QED) is 0.594. The molecule has 4 fully saturated rings. The fourth-order valence-corrected chi connectivity index (χ4v) is 5.68. The number of alkyl halides is 3. The van der Waals surface area contributed by atoms with Crippen molar-refractivity contribution in [3.05, 3.63) is 12.7 Å². The van der Waals surface area contributed by atoms with Gasteiger partial charge in [0.15, 0.2) is 0 Å². The van der Waals surface area contributed by atoms with Crippen LogP contribution in [0.15, 0.2) is 12.7 Å². The molecule has 1 N–H and O–H groups in total. The minimum Gasteiger partial charge on any atom is -0.456 e. The monoisotopic (exact) mass is 381 g/mol. The Balaban J connectivity index is 1.87. The largest absolute Gasteiger partial charge is 0.516 e. The third kappa shape index (κ3) is 3.04. The Morgan fingerprint density at radius 2 is 1.72 bits per heavy atom. The summed E-state index contributed by atoms with van der Waals surface area (Å²) in [6, 6.07) is 0. The molecule has 25 heavy (non-hydrogen) atoms. The van der Waals surface area contributed by atoms with Crippen molar-refractivity contribution in [2.45, 2.75) is 49.6 Å². The molecule has 0 heterocycles. The maximum Gasteiger partial charge on any atom is 0.516 e. The normalized spacial score (nSPS) is 36.8. The number of hydrogen-bond acceptors (Lipinski definition) is 5. The van der Waals surface area contributed by atoms with Crippen LogP contribution >= 0.6 is 0 Å². The van der Waals surface area contributed by atoms with Crippen LogP contribution in [0, 0.1) is 17.3 Å². The zero-order valence-corrected chi connectivity index (χ0v) is 14.1. The molecule has 4 aliphatic carbocycles. The van der Waals surface area contributed by atoms with Crippen LogP contribution in [0.1, 0.15) is 38.5 Å².